The van der Waals surface area contributed by atoms with Crippen LogP contribution in [-0.2, 0) is 14.3 Å². The topological polar surface area (TPSA) is 90.6 Å². The molecule has 106 valence electrons. The number of amides is 1. The first-order chi connectivity index (χ1) is 9.01. The Kier molecular flexibility index (Phi) is 8.66. The smallest absolute Gasteiger partial charge is 0.351 e. The SMILES string of the molecule is CCOC(=O)/C(C#N)=C(\SC(C)C)N(C=O)CCO. The summed E-state index contributed by atoms with van der Waals surface area (Å²) in [5, 5.41) is 18.3. The first kappa shape index (κ1) is 17.5. The number of hydrogen-bond donors (Lipinski definition) is 1. The number of thioether (sulfide) groups is 1. The number of nitriles is 1. The number of aliphatic hydroxyl groups excluding tert-OH is 1. The van der Waals surface area contributed by atoms with E-state index in [0.29, 0.717) is 6.41 Å². The number of nitrogens with zero attached hydrogens (tertiary/aromatic N) is 2. The standard InChI is InChI=1S/C12H18N2O4S/c1-4-18-12(17)10(7-13)11(19-9(2)3)14(8-16)5-6-15/h8-9,15H,4-6H2,1-3H3/b11-10-. The molecule has 0 fully saturated rings. The molecule has 7 heteroatoms. The van der Waals surface area contributed by atoms with Gasteiger partial charge in [-0.15, -0.1) is 11.8 Å². The number of carbonyl (C=O) groups excluding carboxylic acids is 2. The summed E-state index contributed by atoms with van der Waals surface area (Å²) in [6.07, 6.45) is 0.484. The molecule has 0 heterocycles. The molecule has 1 N–H and O–H groups in total. The summed E-state index contributed by atoms with van der Waals surface area (Å²) in [5.41, 5.74) is -0.221. The van der Waals surface area contributed by atoms with E-state index in [1.54, 1.807) is 13.0 Å². The summed E-state index contributed by atoms with van der Waals surface area (Å²) < 4.78 is 4.79. The third-order valence-corrected chi connectivity index (χ3v) is 3.01. The van der Waals surface area contributed by atoms with Crippen LogP contribution in [0.5, 0.6) is 0 Å². The van der Waals surface area contributed by atoms with E-state index in [1.165, 1.54) is 11.8 Å². The third kappa shape index (κ3) is 5.77. The fraction of sp³-hybridized carbons (Fsp3) is 0.583. The van der Waals surface area contributed by atoms with Crippen LogP contribution in [0.15, 0.2) is 10.6 Å². The van der Waals surface area contributed by atoms with Crippen LogP contribution < -0.4 is 0 Å². The van der Waals surface area contributed by atoms with Crippen molar-refractivity contribution in [3.63, 3.8) is 0 Å². The van der Waals surface area contributed by atoms with Gasteiger partial charge >= 0.3 is 5.97 Å². The van der Waals surface area contributed by atoms with Crippen molar-refractivity contribution in [2.24, 2.45) is 0 Å². The Hall–Kier alpha value is -1.52. The maximum absolute atomic E-state index is 11.7. The molecule has 0 saturated carbocycles. The van der Waals surface area contributed by atoms with Gasteiger partial charge in [-0.3, -0.25) is 4.79 Å². The molecule has 0 aromatic heterocycles. The van der Waals surface area contributed by atoms with E-state index in [9.17, 15) is 9.59 Å². The van der Waals surface area contributed by atoms with Gasteiger partial charge in [0, 0.05) is 11.8 Å². The highest BCUT2D eigenvalue weighted by atomic mass is 32.2. The number of hydrogen-bond acceptors (Lipinski definition) is 6. The van der Waals surface area contributed by atoms with E-state index in [2.05, 4.69) is 0 Å². The molecule has 19 heavy (non-hydrogen) atoms. The molecule has 0 rings (SSSR count). The number of aliphatic hydroxyl groups is 1. The minimum atomic E-state index is -0.766. The highest BCUT2D eigenvalue weighted by Crippen LogP contribution is 2.27. The van der Waals surface area contributed by atoms with Gasteiger partial charge in [-0.1, -0.05) is 13.8 Å². The zero-order valence-electron chi connectivity index (χ0n) is 11.3. The average Bonchev–Trinajstić information content (AvgIpc) is 2.35. The Morgan fingerprint density at radius 1 is 1.58 bits per heavy atom. The van der Waals surface area contributed by atoms with Gasteiger partial charge in [-0.05, 0) is 6.92 Å². The molecule has 6 nitrogen and oxygen atoms in total. The van der Waals surface area contributed by atoms with E-state index in [0.717, 1.165) is 4.90 Å². The number of carbonyl (C=O) groups is 2. The van der Waals surface area contributed by atoms with Crippen molar-refractivity contribution in [3.8, 4) is 6.07 Å². The van der Waals surface area contributed by atoms with Gasteiger partial charge in [0.1, 0.15) is 11.1 Å². The van der Waals surface area contributed by atoms with Crippen molar-refractivity contribution in [1.82, 2.24) is 4.90 Å². The molecule has 0 aromatic carbocycles. The number of esters is 1. The molecule has 0 saturated heterocycles. The van der Waals surface area contributed by atoms with E-state index in [-0.39, 0.29) is 35.6 Å². The molecule has 0 aliphatic rings. The van der Waals surface area contributed by atoms with Gasteiger partial charge in [0.2, 0.25) is 6.41 Å². The highest BCUT2D eigenvalue weighted by molar-refractivity contribution is 8.03. The van der Waals surface area contributed by atoms with Crippen molar-refractivity contribution >= 4 is 24.1 Å². The van der Waals surface area contributed by atoms with Crippen molar-refractivity contribution in [2.45, 2.75) is 26.0 Å². The van der Waals surface area contributed by atoms with Gasteiger partial charge in [0.25, 0.3) is 0 Å². The Balaban J connectivity index is 5.54. The normalized spacial score (nSPS) is 11.6. The Morgan fingerprint density at radius 2 is 2.21 bits per heavy atom. The number of ether oxygens (including phenoxy) is 1. The second-order valence-corrected chi connectivity index (χ2v) is 5.27. The highest BCUT2D eigenvalue weighted by Gasteiger charge is 2.22. The molecule has 0 spiro atoms. The summed E-state index contributed by atoms with van der Waals surface area (Å²) in [5.74, 6) is -0.766. The Labute approximate surface area is 117 Å². The summed E-state index contributed by atoms with van der Waals surface area (Å²) in [6.45, 7) is 5.27. The second kappa shape index (κ2) is 9.42. The Bertz CT molecular complexity index is 388. The Morgan fingerprint density at radius 3 is 2.58 bits per heavy atom. The lowest BCUT2D eigenvalue weighted by molar-refractivity contribution is -0.138. The summed E-state index contributed by atoms with van der Waals surface area (Å²) in [7, 11) is 0. The fourth-order valence-electron chi connectivity index (χ4n) is 1.19. The van der Waals surface area contributed by atoms with Crippen LogP contribution in [0.4, 0.5) is 0 Å². The van der Waals surface area contributed by atoms with Gasteiger partial charge in [-0.2, -0.15) is 5.26 Å². The zero-order chi connectivity index (χ0) is 14.8. The second-order valence-electron chi connectivity index (χ2n) is 3.70. The molecule has 0 aromatic rings. The van der Waals surface area contributed by atoms with Crippen molar-refractivity contribution in [1.29, 1.82) is 5.26 Å². The van der Waals surface area contributed by atoms with Crippen LogP contribution in [0, 0.1) is 11.3 Å². The first-order valence-corrected chi connectivity index (χ1v) is 6.70. The predicted octanol–water partition coefficient (Wildman–Crippen LogP) is 0.877. The summed E-state index contributed by atoms with van der Waals surface area (Å²) in [6, 6.07) is 1.77. The monoisotopic (exact) mass is 286 g/mol. The van der Waals surface area contributed by atoms with E-state index >= 15 is 0 Å². The van der Waals surface area contributed by atoms with Gasteiger partial charge < -0.3 is 14.7 Å². The predicted molar refractivity (Wildman–Crippen MR) is 71.9 cm³/mol. The maximum Gasteiger partial charge on any atom is 0.351 e. The van der Waals surface area contributed by atoms with E-state index < -0.39 is 5.97 Å². The lowest BCUT2D eigenvalue weighted by atomic mass is 10.3. The largest absolute Gasteiger partial charge is 0.462 e. The lowest BCUT2D eigenvalue weighted by Gasteiger charge is -2.21. The van der Waals surface area contributed by atoms with Crippen LogP contribution >= 0.6 is 11.8 Å². The van der Waals surface area contributed by atoms with Crippen LogP contribution in [0.3, 0.4) is 0 Å². The minimum Gasteiger partial charge on any atom is -0.462 e. The molecule has 0 atom stereocenters. The third-order valence-electron chi connectivity index (χ3n) is 1.88. The quantitative estimate of drug-likeness (QED) is 0.308. The van der Waals surface area contributed by atoms with Crippen LogP contribution in [0.1, 0.15) is 20.8 Å². The van der Waals surface area contributed by atoms with Gasteiger partial charge in [-0.25, -0.2) is 4.79 Å². The fourth-order valence-corrected chi connectivity index (χ4v) is 2.15. The van der Waals surface area contributed by atoms with Crippen molar-refractivity contribution in [2.75, 3.05) is 19.8 Å². The molecular formula is C12H18N2O4S. The van der Waals surface area contributed by atoms with Crippen molar-refractivity contribution < 1.29 is 19.4 Å². The minimum absolute atomic E-state index is 0.0170. The van der Waals surface area contributed by atoms with E-state index in [4.69, 9.17) is 15.1 Å². The van der Waals surface area contributed by atoms with Crippen LogP contribution in [-0.4, -0.2) is 47.4 Å². The molecule has 0 aliphatic heterocycles. The van der Waals surface area contributed by atoms with Crippen LogP contribution in [0.2, 0.25) is 0 Å². The molecule has 0 aliphatic carbocycles. The number of rotatable bonds is 8. The molecule has 0 unspecified atom stereocenters. The van der Waals surface area contributed by atoms with Crippen molar-refractivity contribution in [3.05, 3.63) is 10.6 Å². The lowest BCUT2D eigenvalue weighted by Crippen LogP contribution is -2.27. The zero-order valence-corrected chi connectivity index (χ0v) is 12.1. The average molecular weight is 286 g/mol. The van der Waals surface area contributed by atoms with Gasteiger partial charge in [0.15, 0.2) is 5.57 Å². The van der Waals surface area contributed by atoms with Crippen LogP contribution in [0.25, 0.3) is 0 Å². The first-order valence-electron chi connectivity index (χ1n) is 5.82. The molecule has 1 amide bonds. The molecular weight excluding hydrogens is 268 g/mol. The maximum atomic E-state index is 11.7. The van der Waals surface area contributed by atoms with Gasteiger partial charge in [0.05, 0.1) is 13.2 Å². The summed E-state index contributed by atoms with van der Waals surface area (Å²) in [4.78, 5) is 23.9. The summed E-state index contributed by atoms with van der Waals surface area (Å²) >= 11 is 1.20. The molecule has 0 bridgehead atoms. The van der Waals surface area contributed by atoms with E-state index in [1.807, 2.05) is 13.8 Å². The molecule has 0 radical (unpaired) electrons.